The number of hydrogen-bond acceptors (Lipinski definition) is 3. The summed E-state index contributed by atoms with van der Waals surface area (Å²) in [7, 11) is -3.15. The number of sulfone groups is 1. The Morgan fingerprint density at radius 2 is 1.88 bits per heavy atom. The Labute approximate surface area is 103 Å². The van der Waals surface area contributed by atoms with Crippen LogP contribution in [0.5, 0.6) is 0 Å². The molecule has 3 nitrogen and oxygen atoms in total. The molecular formula is C13H19NO2S. The Kier molecular flexibility index (Phi) is 3.84. The van der Waals surface area contributed by atoms with Gasteiger partial charge < -0.3 is 5.73 Å². The molecule has 0 amide bonds. The molecule has 2 rings (SSSR count). The average Bonchev–Trinajstić information content (AvgIpc) is 2.40. The Balaban J connectivity index is 2.29. The van der Waals surface area contributed by atoms with E-state index in [9.17, 15) is 8.42 Å². The van der Waals surface area contributed by atoms with Crippen LogP contribution in [-0.2, 0) is 16.4 Å². The third-order valence-electron chi connectivity index (χ3n) is 3.45. The predicted octanol–water partition coefficient (Wildman–Crippen LogP) is 2.25. The van der Waals surface area contributed by atoms with Crippen LogP contribution in [0, 0.1) is 0 Å². The Hall–Kier alpha value is -0.870. The van der Waals surface area contributed by atoms with Crippen molar-refractivity contribution in [2.24, 2.45) is 5.73 Å². The topological polar surface area (TPSA) is 60.2 Å². The molecule has 2 N–H and O–H groups in total. The van der Waals surface area contributed by atoms with E-state index >= 15 is 0 Å². The van der Waals surface area contributed by atoms with Crippen molar-refractivity contribution in [3.05, 3.63) is 29.8 Å². The zero-order chi connectivity index (χ0) is 12.3. The second-order valence-electron chi connectivity index (χ2n) is 4.66. The van der Waals surface area contributed by atoms with Crippen molar-refractivity contribution < 1.29 is 8.42 Å². The molecule has 0 spiro atoms. The highest BCUT2D eigenvalue weighted by molar-refractivity contribution is 7.92. The molecule has 1 aliphatic rings. The van der Waals surface area contributed by atoms with Crippen LogP contribution in [0.4, 0.5) is 0 Å². The molecule has 0 atom stereocenters. The van der Waals surface area contributed by atoms with Crippen molar-refractivity contribution in [2.75, 3.05) is 0 Å². The molecular weight excluding hydrogens is 234 g/mol. The first kappa shape index (κ1) is 12.6. The first-order valence-electron chi connectivity index (χ1n) is 6.17. The summed E-state index contributed by atoms with van der Waals surface area (Å²) in [6.45, 7) is 0.383. The summed E-state index contributed by atoms with van der Waals surface area (Å²) in [5.41, 5.74) is 6.42. The minimum atomic E-state index is -3.15. The second-order valence-corrected chi connectivity index (χ2v) is 6.88. The largest absolute Gasteiger partial charge is 0.326 e. The van der Waals surface area contributed by atoms with Gasteiger partial charge in [0.15, 0.2) is 9.84 Å². The van der Waals surface area contributed by atoms with Crippen molar-refractivity contribution in [2.45, 2.75) is 48.8 Å². The predicted molar refractivity (Wildman–Crippen MR) is 68.4 cm³/mol. The van der Waals surface area contributed by atoms with E-state index in [0.29, 0.717) is 11.4 Å². The van der Waals surface area contributed by atoms with Crippen molar-refractivity contribution in [3.8, 4) is 0 Å². The van der Waals surface area contributed by atoms with Crippen molar-refractivity contribution >= 4 is 9.84 Å². The van der Waals surface area contributed by atoms with E-state index in [1.54, 1.807) is 18.2 Å². The van der Waals surface area contributed by atoms with Gasteiger partial charge in [-0.3, -0.25) is 0 Å². The fourth-order valence-electron chi connectivity index (χ4n) is 2.42. The molecule has 0 radical (unpaired) electrons. The van der Waals surface area contributed by atoms with Gasteiger partial charge in [-0.05, 0) is 30.5 Å². The summed E-state index contributed by atoms with van der Waals surface area (Å²) in [6, 6.07) is 7.03. The molecule has 1 aliphatic carbocycles. The minimum absolute atomic E-state index is 0.190. The highest BCUT2D eigenvalue weighted by atomic mass is 32.2. The molecule has 94 valence electrons. The first-order valence-corrected chi connectivity index (χ1v) is 7.72. The summed E-state index contributed by atoms with van der Waals surface area (Å²) in [5.74, 6) is 0. The normalized spacial score (nSPS) is 18.2. The second kappa shape index (κ2) is 5.19. The smallest absolute Gasteiger partial charge is 0.181 e. The Bertz CT molecular complexity index is 476. The van der Waals surface area contributed by atoms with E-state index in [1.165, 1.54) is 0 Å². The lowest BCUT2D eigenvalue weighted by Crippen LogP contribution is -2.24. The van der Waals surface area contributed by atoms with Crippen molar-refractivity contribution in [1.29, 1.82) is 0 Å². The van der Waals surface area contributed by atoms with E-state index in [4.69, 9.17) is 5.73 Å². The molecule has 1 aromatic carbocycles. The number of nitrogens with two attached hydrogens (primary N) is 1. The van der Waals surface area contributed by atoms with Crippen LogP contribution in [0.2, 0.25) is 0 Å². The number of hydrogen-bond donors (Lipinski definition) is 1. The summed E-state index contributed by atoms with van der Waals surface area (Å²) in [6.07, 6.45) is 4.82. The summed E-state index contributed by atoms with van der Waals surface area (Å²) >= 11 is 0. The minimum Gasteiger partial charge on any atom is -0.326 e. The molecule has 1 fully saturated rings. The summed E-state index contributed by atoms with van der Waals surface area (Å²) < 4.78 is 24.8. The zero-order valence-electron chi connectivity index (χ0n) is 9.93. The van der Waals surface area contributed by atoms with Crippen LogP contribution in [0.25, 0.3) is 0 Å². The first-order chi connectivity index (χ1) is 8.14. The fourth-order valence-corrected chi connectivity index (χ4v) is 4.34. The van der Waals surface area contributed by atoms with Crippen LogP contribution in [0.3, 0.4) is 0 Å². The molecule has 4 heteroatoms. The standard InChI is InChI=1S/C13H19NO2S/c14-10-11-5-4-8-13(9-11)17(15,16)12-6-2-1-3-7-12/h4-5,8-9,12H,1-3,6-7,10,14H2. The maximum Gasteiger partial charge on any atom is 0.181 e. The van der Waals surface area contributed by atoms with E-state index in [1.807, 2.05) is 6.07 Å². The highest BCUT2D eigenvalue weighted by Gasteiger charge is 2.28. The van der Waals surface area contributed by atoms with Crippen molar-refractivity contribution in [1.82, 2.24) is 0 Å². The molecule has 0 unspecified atom stereocenters. The lowest BCUT2D eigenvalue weighted by Gasteiger charge is -2.21. The Morgan fingerprint density at radius 3 is 2.53 bits per heavy atom. The van der Waals surface area contributed by atoms with Gasteiger partial charge in [0.1, 0.15) is 0 Å². The van der Waals surface area contributed by atoms with Gasteiger partial charge >= 0.3 is 0 Å². The van der Waals surface area contributed by atoms with Gasteiger partial charge in [0.2, 0.25) is 0 Å². The molecule has 0 heterocycles. The van der Waals surface area contributed by atoms with Gasteiger partial charge in [-0.25, -0.2) is 8.42 Å². The summed E-state index contributed by atoms with van der Waals surface area (Å²) in [4.78, 5) is 0.437. The number of rotatable bonds is 3. The van der Waals surface area contributed by atoms with Gasteiger partial charge in [0, 0.05) is 6.54 Å². The zero-order valence-corrected chi connectivity index (χ0v) is 10.7. The van der Waals surface area contributed by atoms with E-state index < -0.39 is 9.84 Å². The quantitative estimate of drug-likeness (QED) is 0.898. The Morgan fingerprint density at radius 1 is 1.18 bits per heavy atom. The molecule has 0 bridgehead atoms. The van der Waals surface area contributed by atoms with E-state index in [-0.39, 0.29) is 5.25 Å². The van der Waals surface area contributed by atoms with Gasteiger partial charge in [-0.1, -0.05) is 31.4 Å². The lowest BCUT2D eigenvalue weighted by molar-refractivity contribution is 0.483. The molecule has 0 saturated heterocycles. The van der Waals surface area contributed by atoms with Gasteiger partial charge in [-0.15, -0.1) is 0 Å². The third-order valence-corrected chi connectivity index (χ3v) is 5.71. The number of benzene rings is 1. The maximum absolute atomic E-state index is 12.4. The van der Waals surface area contributed by atoms with Gasteiger partial charge in [-0.2, -0.15) is 0 Å². The van der Waals surface area contributed by atoms with Crippen LogP contribution in [-0.4, -0.2) is 13.7 Å². The van der Waals surface area contributed by atoms with Gasteiger partial charge in [0.05, 0.1) is 10.1 Å². The summed E-state index contributed by atoms with van der Waals surface area (Å²) in [5, 5.41) is -0.190. The van der Waals surface area contributed by atoms with Crippen LogP contribution in [0.15, 0.2) is 29.2 Å². The highest BCUT2D eigenvalue weighted by Crippen LogP contribution is 2.28. The fraction of sp³-hybridized carbons (Fsp3) is 0.538. The van der Waals surface area contributed by atoms with E-state index in [0.717, 1.165) is 37.7 Å². The SMILES string of the molecule is NCc1cccc(S(=O)(=O)C2CCCCC2)c1. The molecule has 0 aliphatic heterocycles. The van der Waals surface area contributed by atoms with E-state index in [2.05, 4.69) is 0 Å². The van der Waals surface area contributed by atoms with Crippen LogP contribution >= 0.6 is 0 Å². The van der Waals surface area contributed by atoms with Crippen LogP contribution < -0.4 is 5.73 Å². The molecule has 1 aromatic rings. The molecule has 0 aromatic heterocycles. The molecule has 17 heavy (non-hydrogen) atoms. The lowest BCUT2D eigenvalue weighted by atomic mass is 10.0. The van der Waals surface area contributed by atoms with Crippen molar-refractivity contribution in [3.63, 3.8) is 0 Å². The van der Waals surface area contributed by atoms with Crippen LogP contribution in [0.1, 0.15) is 37.7 Å². The maximum atomic E-state index is 12.4. The average molecular weight is 253 g/mol. The third kappa shape index (κ3) is 2.69. The molecule has 1 saturated carbocycles. The van der Waals surface area contributed by atoms with Gasteiger partial charge in [0.25, 0.3) is 0 Å². The monoisotopic (exact) mass is 253 g/mol.